The number of nitrogens with zero attached hydrogens (tertiary/aromatic N) is 4. The third-order valence-corrected chi connectivity index (χ3v) is 11.4. The molecule has 0 radical (unpaired) electrons. The van der Waals surface area contributed by atoms with Crippen LogP contribution in [0.4, 0.5) is 37.7 Å². The number of alkyl halides is 6. The molecule has 13 nitrogen and oxygen atoms in total. The molecule has 370 valence electrons. The van der Waals surface area contributed by atoms with Gasteiger partial charge in [0, 0.05) is 23.8 Å². The Labute approximate surface area is 431 Å². The van der Waals surface area contributed by atoms with Crippen LogP contribution in [-0.4, -0.2) is 60.7 Å². The van der Waals surface area contributed by atoms with Crippen molar-refractivity contribution >= 4 is 46.2 Å². The number of methoxy groups -OCH3 is 1. The number of hydrogen-bond acceptors (Lipinski definition) is 8. The molecular formula is C52H47F6N6NaO7. The van der Waals surface area contributed by atoms with Crippen LogP contribution >= 0.6 is 0 Å². The number of halogens is 6. The zero-order valence-corrected chi connectivity index (χ0v) is 40.4. The smallest absolute Gasteiger partial charge is 0.870 e. The molecule has 8 aromatic rings. The average molecular weight is 1000 g/mol. The molecule has 2 amide bonds. The van der Waals surface area contributed by atoms with Crippen molar-refractivity contribution in [3.05, 3.63) is 202 Å². The van der Waals surface area contributed by atoms with E-state index in [0.717, 1.165) is 41.0 Å². The van der Waals surface area contributed by atoms with Gasteiger partial charge in [-0.3, -0.25) is 19.2 Å². The van der Waals surface area contributed by atoms with Gasteiger partial charge < -0.3 is 26.0 Å². The molecule has 0 fully saturated rings. The normalized spacial score (nSPS) is 11.9. The summed E-state index contributed by atoms with van der Waals surface area (Å²) >= 11 is 0. The third kappa shape index (κ3) is 13.5. The molecule has 20 heteroatoms. The van der Waals surface area contributed by atoms with Crippen molar-refractivity contribution in [1.29, 1.82) is 0 Å². The van der Waals surface area contributed by atoms with Crippen LogP contribution < -0.4 is 40.2 Å². The number of pyridine rings is 2. The summed E-state index contributed by atoms with van der Waals surface area (Å²) in [5.41, 5.74) is 5.55. The van der Waals surface area contributed by atoms with Gasteiger partial charge in [-0.1, -0.05) is 68.1 Å². The van der Waals surface area contributed by atoms with E-state index in [2.05, 4.69) is 20.8 Å². The van der Waals surface area contributed by atoms with Gasteiger partial charge in [0.15, 0.2) is 0 Å². The van der Waals surface area contributed by atoms with Crippen molar-refractivity contribution in [1.82, 2.24) is 19.2 Å². The van der Waals surface area contributed by atoms with Crippen molar-refractivity contribution in [2.45, 2.75) is 58.3 Å². The summed E-state index contributed by atoms with van der Waals surface area (Å²) in [5.74, 6) is -3.19. The number of carboxylic acid groups (broad SMARTS) is 1. The zero-order chi connectivity index (χ0) is 49.6. The molecule has 4 N–H and O–H groups in total. The number of esters is 1. The number of anilines is 2. The fourth-order valence-electron chi connectivity index (χ4n) is 7.47. The summed E-state index contributed by atoms with van der Waals surface area (Å²) in [6.45, 7) is 3.31. The topological polar surface area (TPSA) is 186 Å². The number of aliphatic carboxylic acids is 1. The number of aromatic nitrogens is 4. The fourth-order valence-corrected chi connectivity index (χ4v) is 7.47. The first-order chi connectivity index (χ1) is 32.8. The second-order valence-electron chi connectivity index (χ2n) is 16.0. The number of hydrogen-bond donors (Lipinski definition) is 3. The van der Waals surface area contributed by atoms with Gasteiger partial charge in [0.25, 0.3) is 11.8 Å². The predicted molar refractivity (Wildman–Crippen MR) is 253 cm³/mol. The number of nitrogens with one attached hydrogen (secondary N) is 2. The molecule has 0 aliphatic rings. The van der Waals surface area contributed by atoms with E-state index in [4.69, 9.17) is 9.84 Å². The Balaban J connectivity index is 0.000000300. The minimum absolute atomic E-state index is 0. The third-order valence-electron chi connectivity index (χ3n) is 11.4. The summed E-state index contributed by atoms with van der Waals surface area (Å²) in [7, 11) is 1.33. The van der Waals surface area contributed by atoms with Crippen LogP contribution in [0.15, 0.2) is 146 Å². The Bertz CT molecular complexity index is 3140. The number of ether oxygens (including phenoxy) is 1. The summed E-state index contributed by atoms with van der Waals surface area (Å²) < 4.78 is 85.0. The Hall–Kier alpha value is -7.32. The predicted octanol–water partition coefficient (Wildman–Crippen LogP) is 8.32. The Kier molecular flexibility index (Phi) is 19.2. The van der Waals surface area contributed by atoms with E-state index in [1.54, 1.807) is 102 Å². The van der Waals surface area contributed by atoms with Gasteiger partial charge in [-0.25, -0.2) is 9.03 Å². The number of rotatable bonds is 12. The number of amides is 2. The van der Waals surface area contributed by atoms with Crippen molar-refractivity contribution in [3.63, 3.8) is 0 Å². The van der Waals surface area contributed by atoms with Crippen LogP contribution in [0, 0.1) is 0 Å². The maximum absolute atomic E-state index is 13.1. The Morgan fingerprint density at radius 1 is 0.597 bits per heavy atom. The SMILES string of the molecule is C.CC(C(=O)O)c1ccc(NC(=O)c2cnn3cccc(Cc4ccc(C(F)(F)F)cc4)c23)cc1.COC(=O)C(C)c1ccc(NC(=O)c2cnn3cccc(Cc4ccc(C(F)(F)F)cc4)c23)cc1.[Na+].[OH-]. The Morgan fingerprint density at radius 3 is 1.29 bits per heavy atom. The van der Waals surface area contributed by atoms with Crippen molar-refractivity contribution in [3.8, 4) is 0 Å². The molecule has 0 saturated carbocycles. The van der Waals surface area contributed by atoms with Gasteiger partial charge in [-0.2, -0.15) is 36.5 Å². The van der Waals surface area contributed by atoms with E-state index < -0.39 is 47.2 Å². The quantitative estimate of drug-likeness (QED) is 0.0615. The first kappa shape index (κ1) is 57.3. The van der Waals surface area contributed by atoms with Gasteiger partial charge in [0.05, 0.1) is 64.6 Å². The molecule has 0 aliphatic heterocycles. The first-order valence-corrected chi connectivity index (χ1v) is 21.2. The maximum atomic E-state index is 13.1. The standard InChI is InChI=1S/C26H22F3N3O3.C25H20F3N3O3.CH4.Na.H2O/c1-16(25(34)35-2)18-7-11-21(12-8-18)31-24(33)22-15-30-32-13-3-4-19(23(22)32)14-17-5-9-20(10-6-17)26(27,28)29;1-15(24(33)34)17-6-10-20(11-7-17)30-23(32)21-14-29-31-12-2-3-18(22(21)31)13-16-4-8-19(9-5-16)25(26,27)28;;;/h3-13,15-16H,14H2,1-2H3,(H,31,33);2-12,14-15H,13H2,1H3,(H,30,32)(H,33,34);1H4;;1H2/q;;;+1;/p-1. The van der Waals surface area contributed by atoms with E-state index in [-0.39, 0.29) is 54.3 Å². The number of benzene rings is 4. The molecule has 0 bridgehead atoms. The average Bonchev–Trinajstić information content (AvgIpc) is 3.98. The zero-order valence-electron chi connectivity index (χ0n) is 38.4. The minimum Gasteiger partial charge on any atom is -0.870 e. The molecule has 72 heavy (non-hydrogen) atoms. The monoisotopic (exact) mass is 1000 g/mol. The number of fused-ring (bicyclic) bond motifs is 2. The fraction of sp³-hybridized carbons (Fsp3) is 0.192. The maximum Gasteiger partial charge on any atom is 1.00 e. The van der Waals surface area contributed by atoms with Crippen LogP contribution in [-0.2, 0) is 39.5 Å². The van der Waals surface area contributed by atoms with Crippen LogP contribution in [0.1, 0.15) is 98.3 Å². The van der Waals surface area contributed by atoms with Crippen LogP contribution in [0.25, 0.3) is 11.0 Å². The molecule has 4 aromatic carbocycles. The van der Waals surface area contributed by atoms with Gasteiger partial charge in [0.1, 0.15) is 0 Å². The van der Waals surface area contributed by atoms with Crippen molar-refractivity contribution in [2.75, 3.05) is 17.7 Å². The van der Waals surface area contributed by atoms with Crippen LogP contribution in [0.5, 0.6) is 0 Å². The van der Waals surface area contributed by atoms with Crippen LogP contribution in [0.3, 0.4) is 0 Å². The van der Waals surface area contributed by atoms with E-state index >= 15 is 0 Å². The van der Waals surface area contributed by atoms with Gasteiger partial charge in [-0.05, 0) is 121 Å². The van der Waals surface area contributed by atoms with E-state index in [9.17, 15) is 45.5 Å². The molecule has 2 unspecified atom stereocenters. The minimum atomic E-state index is -4.40. The Morgan fingerprint density at radius 2 is 0.958 bits per heavy atom. The van der Waals surface area contributed by atoms with E-state index in [1.165, 1.54) is 43.8 Å². The molecule has 0 saturated heterocycles. The largest absolute Gasteiger partial charge is 1.00 e. The second-order valence-corrected chi connectivity index (χ2v) is 16.0. The molecule has 4 aromatic heterocycles. The molecule has 0 spiro atoms. The summed E-state index contributed by atoms with van der Waals surface area (Å²) in [4.78, 5) is 48.9. The molecule has 4 heterocycles. The number of carbonyl (C=O) groups is 4. The van der Waals surface area contributed by atoms with Crippen molar-refractivity contribution in [2.24, 2.45) is 0 Å². The molecule has 0 aliphatic carbocycles. The van der Waals surface area contributed by atoms with Gasteiger partial charge >= 0.3 is 53.8 Å². The van der Waals surface area contributed by atoms with Gasteiger partial charge in [0.2, 0.25) is 0 Å². The van der Waals surface area contributed by atoms with E-state index in [1.807, 2.05) is 6.07 Å². The van der Waals surface area contributed by atoms with E-state index in [0.29, 0.717) is 63.1 Å². The second kappa shape index (κ2) is 24.2. The molecule has 8 rings (SSSR count). The summed E-state index contributed by atoms with van der Waals surface area (Å²) in [6, 6.07) is 30.4. The van der Waals surface area contributed by atoms with Crippen LogP contribution in [0.2, 0.25) is 0 Å². The van der Waals surface area contributed by atoms with Gasteiger partial charge in [-0.15, -0.1) is 0 Å². The summed E-state index contributed by atoms with van der Waals surface area (Å²) in [5, 5.41) is 23.2. The first-order valence-electron chi connectivity index (χ1n) is 21.2. The van der Waals surface area contributed by atoms with Crippen molar-refractivity contribution < 1.29 is 90.4 Å². The number of carboxylic acids is 1. The summed E-state index contributed by atoms with van der Waals surface area (Å²) in [6.07, 6.45) is -1.89. The molecular weight excluding hydrogens is 958 g/mol. The number of carbonyl (C=O) groups excluding carboxylic acids is 3. The molecule has 2 atom stereocenters.